The van der Waals surface area contributed by atoms with Gasteiger partial charge in [0.2, 0.25) is 0 Å². The fourth-order valence-electron chi connectivity index (χ4n) is 3.45. The zero-order valence-corrected chi connectivity index (χ0v) is 19.5. The molecule has 132 valence electrons. The van der Waals surface area contributed by atoms with Gasteiger partial charge in [0.25, 0.3) is 0 Å². The van der Waals surface area contributed by atoms with E-state index in [9.17, 15) is 0 Å². The predicted molar refractivity (Wildman–Crippen MR) is 107 cm³/mol. The average Bonchev–Trinajstić information content (AvgIpc) is 2.53. The Bertz CT molecular complexity index is 258. The fourth-order valence-corrected chi connectivity index (χ4v) is 19.3. The minimum absolute atomic E-state index is 0.898. The summed E-state index contributed by atoms with van der Waals surface area (Å²) in [6.07, 6.45) is 12.7. The summed E-state index contributed by atoms with van der Waals surface area (Å²) in [6, 6.07) is 0. The first-order valence-electron chi connectivity index (χ1n) is 10.2. The molecule has 0 aromatic heterocycles. The van der Waals surface area contributed by atoms with Crippen LogP contribution in [0.1, 0.15) is 99.3 Å². The van der Waals surface area contributed by atoms with E-state index in [1.165, 1.54) is 57.8 Å². The number of allylic oxidation sites excluding steroid dienone is 1. The van der Waals surface area contributed by atoms with Crippen LogP contribution in [0.15, 0.2) is 9.67 Å². The van der Waals surface area contributed by atoms with Gasteiger partial charge in [0, 0.05) is 0 Å². The molecule has 0 bridgehead atoms. The summed E-state index contributed by atoms with van der Waals surface area (Å²) in [5, 5.41) is 0. The molecule has 0 radical (unpaired) electrons. The molecule has 0 spiro atoms. The summed E-state index contributed by atoms with van der Waals surface area (Å²) in [6.45, 7) is 14.3. The Morgan fingerprint density at radius 3 is 1.68 bits per heavy atom. The molecule has 0 nitrogen and oxygen atoms in total. The molecule has 22 heavy (non-hydrogen) atoms. The van der Waals surface area contributed by atoms with Crippen LogP contribution in [0.5, 0.6) is 0 Å². The Kier molecular flexibility index (Phi) is 14.3. The van der Waals surface area contributed by atoms with E-state index in [1.54, 1.807) is 18.9 Å². The van der Waals surface area contributed by atoms with Crippen molar-refractivity contribution in [3.8, 4) is 0 Å². The van der Waals surface area contributed by atoms with Gasteiger partial charge in [0.15, 0.2) is 0 Å². The van der Waals surface area contributed by atoms with Gasteiger partial charge in [-0.3, -0.25) is 0 Å². The van der Waals surface area contributed by atoms with E-state index < -0.39 is 18.4 Å². The van der Waals surface area contributed by atoms with Gasteiger partial charge in [-0.2, -0.15) is 0 Å². The number of hydrogen-bond donors (Lipinski definition) is 0. The van der Waals surface area contributed by atoms with E-state index in [2.05, 4.69) is 45.6 Å². The van der Waals surface area contributed by atoms with Gasteiger partial charge in [-0.05, 0) is 0 Å². The zero-order chi connectivity index (χ0) is 16.8. The van der Waals surface area contributed by atoms with Gasteiger partial charge < -0.3 is 0 Å². The maximum absolute atomic E-state index is 2.93. The summed E-state index contributed by atoms with van der Waals surface area (Å²) in [4.78, 5) is 0. The van der Waals surface area contributed by atoms with Crippen molar-refractivity contribution >= 4 is 18.4 Å². The summed E-state index contributed by atoms with van der Waals surface area (Å²) in [7, 11) is 0. The van der Waals surface area contributed by atoms with E-state index in [-0.39, 0.29) is 0 Å². The van der Waals surface area contributed by atoms with Crippen LogP contribution >= 0.6 is 0 Å². The summed E-state index contributed by atoms with van der Waals surface area (Å²) in [5.41, 5.74) is 1.75. The number of unbranched alkanes of at least 4 members (excludes halogenated alkanes) is 3. The molecular weight excluding hydrogens is 371 g/mol. The molecular formula is C21H44Sn. The summed E-state index contributed by atoms with van der Waals surface area (Å²) in [5.74, 6) is 0.898. The molecule has 0 saturated heterocycles. The quantitative estimate of drug-likeness (QED) is 0.251. The molecule has 0 aliphatic rings. The van der Waals surface area contributed by atoms with Crippen LogP contribution in [0.2, 0.25) is 13.3 Å². The van der Waals surface area contributed by atoms with E-state index in [0.29, 0.717) is 0 Å². The second kappa shape index (κ2) is 13.9. The van der Waals surface area contributed by atoms with Crippen LogP contribution in [0.3, 0.4) is 0 Å². The molecule has 0 aromatic rings. The Labute approximate surface area is 146 Å². The molecule has 0 aromatic carbocycles. The molecule has 0 fully saturated rings. The van der Waals surface area contributed by atoms with Crippen molar-refractivity contribution in [3.05, 3.63) is 9.67 Å². The normalized spacial score (nSPS) is 14.4. The first-order chi connectivity index (χ1) is 10.5. The second-order valence-electron chi connectivity index (χ2n) is 7.72. The Balaban J connectivity index is 4.95. The maximum atomic E-state index is 2.93. The average molecular weight is 415 g/mol. The van der Waals surface area contributed by atoms with E-state index in [1.807, 2.05) is 0 Å². The van der Waals surface area contributed by atoms with Gasteiger partial charge >= 0.3 is 147 Å². The van der Waals surface area contributed by atoms with Crippen molar-refractivity contribution in [1.82, 2.24) is 0 Å². The van der Waals surface area contributed by atoms with Crippen molar-refractivity contribution in [2.24, 2.45) is 5.92 Å². The van der Waals surface area contributed by atoms with Gasteiger partial charge in [-0.1, -0.05) is 0 Å². The Morgan fingerprint density at radius 2 is 1.32 bits per heavy atom. The molecule has 0 aliphatic carbocycles. The Hall–Kier alpha value is 0.539. The van der Waals surface area contributed by atoms with Crippen molar-refractivity contribution in [3.63, 3.8) is 0 Å². The third-order valence-corrected chi connectivity index (χ3v) is 20.1. The van der Waals surface area contributed by atoms with Crippen molar-refractivity contribution < 1.29 is 0 Å². The van der Waals surface area contributed by atoms with Crippen LogP contribution in [-0.4, -0.2) is 18.4 Å². The molecule has 1 atom stereocenters. The third kappa shape index (κ3) is 10.3. The molecule has 0 unspecified atom stereocenters. The van der Waals surface area contributed by atoms with Gasteiger partial charge in [-0.25, -0.2) is 0 Å². The van der Waals surface area contributed by atoms with Gasteiger partial charge in [-0.15, -0.1) is 0 Å². The summed E-state index contributed by atoms with van der Waals surface area (Å²) >= 11 is -2.02. The SMILES string of the molecule is CCC[CH2][Sn](/[CH]=C(\C)CC[C@@H](C)CC)([CH2]CCC)[CH2]CCC. The topological polar surface area (TPSA) is 0 Å². The van der Waals surface area contributed by atoms with Crippen LogP contribution in [0.4, 0.5) is 0 Å². The van der Waals surface area contributed by atoms with Crippen LogP contribution in [0.25, 0.3) is 0 Å². The predicted octanol–water partition coefficient (Wildman–Crippen LogP) is 8.15. The van der Waals surface area contributed by atoms with Crippen LogP contribution in [0, 0.1) is 5.92 Å². The van der Waals surface area contributed by atoms with E-state index in [4.69, 9.17) is 0 Å². The molecule has 0 amide bonds. The van der Waals surface area contributed by atoms with Gasteiger partial charge in [0.05, 0.1) is 0 Å². The molecule has 0 rings (SSSR count). The molecule has 0 aliphatic heterocycles. The first kappa shape index (κ1) is 22.5. The zero-order valence-electron chi connectivity index (χ0n) is 16.6. The third-order valence-electron chi connectivity index (χ3n) is 5.37. The van der Waals surface area contributed by atoms with Crippen LogP contribution in [-0.2, 0) is 0 Å². The molecule has 1 heteroatoms. The standard InChI is InChI=1S/C9H17.3C4H9.Sn/c1-5-9(4)7-6-8(2)3;3*1-3-4-2;/h2,9H,5-7H2,1,3-4H3;3*1,3-4H2,2H3;/t9-;;;;/m0..../s1. The van der Waals surface area contributed by atoms with E-state index >= 15 is 0 Å². The van der Waals surface area contributed by atoms with Crippen LogP contribution < -0.4 is 0 Å². The Morgan fingerprint density at radius 1 is 0.864 bits per heavy atom. The molecule has 0 saturated carbocycles. The number of hydrogen-bond acceptors (Lipinski definition) is 0. The molecule has 0 N–H and O–H groups in total. The fraction of sp³-hybridized carbons (Fsp3) is 0.905. The monoisotopic (exact) mass is 416 g/mol. The second-order valence-corrected chi connectivity index (χ2v) is 20.6. The van der Waals surface area contributed by atoms with Crippen molar-refractivity contribution in [2.75, 3.05) is 0 Å². The number of rotatable bonds is 14. The van der Waals surface area contributed by atoms with Crippen molar-refractivity contribution in [2.45, 2.75) is 113 Å². The molecule has 0 heterocycles. The van der Waals surface area contributed by atoms with E-state index in [0.717, 1.165) is 5.92 Å². The van der Waals surface area contributed by atoms with Crippen molar-refractivity contribution in [1.29, 1.82) is 0 Å². The first-order valence-corrected chi connectivity index (χ1v) is 17.9. The van der Waals surface area contributed by atoms with Gasteiger partial charge in [0.1, 0.15) is 0 Å². The minimum atomic E-state index is -2.02. The summed E-state index contributed by atoms with van der Waals surface area (Å²) < 4.78 is 7.78.